The molecule has 0 atom stereocenters. The van der Waals surface area contributed by atoms with Crippen molar-refractivity contribution in [1.29, 1.82) is 0 Å². The van der Waals surface area contributed by atoms with Crippen molar-refractivity contribution < 1.29 is 5.11 Å². The highest BCUT2D eigenvalue weighted by atomic mass is 79.9. The molecule has 0 aliphatic carbocycles. The van der Waals surface area contributed by atoms with Crippen LogP contribution in [0, 0.1) is 0 Å². The summed E-state index contributed by atoms with van der Waals surface area (Å²) in [6.07, 6.45) is 2.64. The maximum Gasteiger partial charge on any atom is 0.118 e. The van der Waals surface area contributed by atoms with Crippen molar-refractivity contribution in [3.05, 3.63) is 40.4 Å². The largest absolute Gasteiger partial charge is 0.508 e. The number of allylic oxidation sites excluding steroid dienone is 1. The van der Waals surface area contributed by atoms with Crippen LogP contribution in [0.1, 0.15) is 18.9 Å². The Hall–Kier alpha value is -0.760. The second kappa shape index (κ2) is 4.31. The summed E-state index contributed by atoms with van der Waals surface area (Å²) in [5.41, 5.74) is 0.853. The average Bonchev–Trinajstić information content (AvgIpc) is 2.05. The van der Waals surface area contributed by atoms with Crippen LogP contribution in [0.5, 0.6) is 0 Å². The number of aliphatic hydroxyl groups excluding tert-OH is 1. The first-order valence-corrected chi connectivity index (χ1v) is 4.68. The Morgan fingerprint density at radius 3 is 2.92 bits per heavy atom. The van der Waals surface area contributed by atoms with Gasteiger partial charge in [0, 0.05) is 10.0 Å². The molecule has 0 fully saturated rings. The van der Waals surface area contributed by atoms with Gasteiger partial charge in [-0.3, -0.25) is 0 Å². The van der Waals surface area contributed by atoms with E-state index in [9.17, 15) is 5.11 Å². The van der Waals surface area contributed by atoms with Crippen molar-refractivity contribution in [2.75, 3.05) is 0 Å². The molecule has 1 aromatic rings. The van der Waals surface area contributed by atoms with Crippen LogP contribution in [0.25, 0.3) is 5.76 Å². The summed E-state index contributed by atoms with van der Waals surface area (Å²) in [5.74, 6) is 0.346. The minimum Gasteiger partial charge on any atom is -0.508 e. The minimum atomic E-state index is 0.346. The van der Waals surface area contributed by atoms with Gasteiger partial charge in [-0.25, -0.2) is 0 Å². The van der Waals surface area contributed by atoms with Crippen LogP contribution < -0.4 is 0 Å². The Kier molecular flexibility index (Phi) is 3.35. The van der Waals surface area contributed by atoms with E-state index in [1.807, 2.05) is 31.2 Å². The molecule has 0 unspecified atom stereocenters. The fourth-order valence-corrected chi connectivity index (χ4v) is 1.36. The van der Waals surface area contributed by atoms with Crippen LogP contribution in [-0.2, 0) is 0 Å². The molecule has 0 aromatic heterocycles. The van der Waals surface area contributed by atoms with Crippen LogP contribution in [0.2, 0.25) is 0 Å². The van der Waals surface area contributed by atoms with Crippen molar-refractivity contribution in [3.63, 3.8) is 0 Å². The molecule has 0 radical (unpaired) electrons. The summed E-state index contributed by atoms with van der Waals surface area (Å²) in [5, 5.41) is 9.49. The molecule has 12 heavy (non-hydrogen) atoms. The van der Waals surface area contributed by atoms with Crippen molar-refractivity contribution in [2.24, 2.45) is 0 Å². The van der Waals surface area contributed by atoms with Crippen molar-refractivity contribution in [1.82, 2.24) is 0 Å². The van der Waals surface area contributed by atoms with Crippen LogP contribution >= 0.6 is 15.9 Å². The molecule has 64 valence electrons. The molecule has 1 aromatic carbocycles. The van der Waals surface area contributed by atoms with Crippen LogP contribution in [0.15, 0.2) is 34.8 Å². The molecular weight excluding hydrogens is 216 g/mol. The van der Waals surface area contributed by atoms with Crippen LogP contribution in [0.3, 0.4) is 0 Å². The van der Waals surface area contributed by atoms with E-state index >= 15 is 0 Å². The van der Waals surface area contributed by atoms with E-state index in [1.54, 1.807) is 6.08 Å². The predicted molar refractivity (Wildman–Crippen MR) is 55.0 cm³/mol. The summed E-state index contributed by atoms with van der Waals surface area (Å²) >= 11 is 3.34. The lowest BCUT2D eigenvalue weighted by atomic mass is 10.2. The topological polar surface area (TPSA) is 20.2 Å². The quantitative estimate of drug-likeness (QED) is 0.762. The molecule has 0 heterocycles. The molecule has 1 N–H and O–H groups in total. The van der Waals surface area contributed by atoms with E-state index in [-0.39, 0.29) is 0 Å². The predicted octanol–water partition coefficient (Wildman–Crippen LogP) is 3.76. The normalized spacial score (nSPS) is 11.7. The number of hydrogen-bond acceptors (Lipinski definition) is 1. The van der Waals surface area contributed by atoms with Crippen molar-refractivity contribution in [3.8, 4) is 0 Å². The summed E-state index contributed by atoms with van der Waals surface area (Å²) in [4.78, 5) is 0. The average molecular weight is 227 g/mol. The van der Waals surface area contributed by atoms with Crippen molar-refractivity contribution >= 4 is 21.7 Å². The molecule has 0 aliphatic rings. The third-order valence-corrected chi connectivity index (χ3v) is 2.01. The zero-order valence-electron chi connectivity index (χ0n) is 6.92. The second-order valence-electron chi connectivity index (χ2n) is 2.51. The molecule has 1 rings (SSSR count). The van der Waals surface area contributed by atoms with E-state index in [0.717, 1.165) is 16.5 Å². The number of hydrogen-bond donors (Lipinski definition) is 1. The smallest absolute Gasteiger partial charge is 0.118 e. The number of halogens is 1. The molecule has 0 saturated heterocycles. The van der Waals surface area contributed by atoms with Gasteiger partial charge in [0.05, 0.1) is 0 Å². The summed E-state index contributed by atoms with van der Waals surface area (Å²) in [7, 11) is 0. The third-order valence-electron chi connectivity index (χ3n) is 1.52. The monoisotopic (exact) mass is 226 g/mol. The Morgan fingerprint density at radius 1 is 1.58 bits per heavy atom. The first-order chi connectivity index (χ1) is 5.74. The minimum absolute atomic E-state index is 0.346. The number of aliphatic hydroxyl groups is 1. The Labute approximate surface area is 80.9 Å². The Morgan fingerprint density at radius 2 is 2.33 bits per heavy atom. The molecule has 0 amide bonds. The molecule has 0 bridgehead atoms. The summed E-state index contributed by atoms with van der Waals surface area (Å²) in [6, 6.07) is 7.61. The van der Waals surface area contributed by atoms with E-state index in [4.69, 9.17) is 0 Å². The van der Waals surface area contributed by atoms with Gasteiger partial charge in [0.2, 0.25) is 0 Å². The zero-order valence-corrected chi connectivity index (χ0v) is 8.51. The highest BCUT2D eigenvalue weighted by molar-refractivity contribution is 9.10. The molecule has 1 nitrogen and oxygen atoms in total. The Balaban J connectivity index is 2.95. The highest BCUT2D eigenvalue weighted by Gasteiger charge is 1.96. The molecule has 0 saturated carbocycles. The lowest BCUT2D eigenvalue weighted by Crippen LogP contribution is -1.81. The second-order valence-corrected chi connectivity index (χ2v) is 3.42. The van der Waals surface area contributed by atoms with Gasteiger partial charge in [0.1, 0.15) is 5.76 Å². The lowest BCUT2D eigenvalue weighted by Gasteiger charge is -1.99. The highest BCUT2D eigenvalue weighted by Crippen LogP contribution is 2.17. The standard InChI is InChI=1S/C10H11BrO/c1-2-4-10(12)8-5-3-6-9(11)7-8/h3-7,12H,2H2,1H3/b10-4-. The summed E-state index contributed by atoms with van der Waals surface area (Å²) in [6.45, 7) is 1.99. The van der Waals surface area contributed by atoms with Gasteiger partial charge in [-0.15, -0.1) is 0 Å². The van der Waals surface area contributed by atoms with Gasteiger partial charge in [-0.05, 0) is 24.6 Å². The maximum absolute atomic E-state index is 9.49. The van der Waals surface area contributed by atoms with E-state index < -0.39 is 0 Å². The molecule has 0 aliphatic heterocycles. The maximum atomic E-state index is 9.49. The van der Waals surface area contributed by atoms with Gasteiger partial charge in [-0.2, -0.15) is 0 Å². The number of rotatable bonds is 2. The van der Waals surface area contributed by atoms with Gasteiger partial charge in [0.15, 0.2) is 0 Å². The first kappa shape index (κ1) is 9.33. The zero-order chi connectivity index (χ0) is 8.97. The summed E-state index contributed by atoms with van der Waals surface area (Å²) < 4.78 is 0.982. The van der Waals surface area contributed by atoms with Gasteiger partial charge in [0.25, 0.3) is 0 Å². The van der Waals surface area contributed by atoms with Gasteiger partial charge >= 0.3 is 0 Å². The first-order valence-electron chi connectivity index (χ1n) is 3.89. The lowest BCUT2D eigenvalue weighted by molar-refractivity contribution is 0.509. The van der Waals surface area contributed by atoms with E-state index in [1.165, 1.54) is 0 Å². The molecule has 2 heteroatoms. The van der Waals surface area contributed by atoms with Crippen LogP contribution in [0.4, 0.5) is 0 Å². The van der Waals surface area contributed by atoms with Gasteiger partial charge < -0.3 is 5.11 Å². The van der Waals surface area contributed by atoms with Crippen LogP contribution in [-0.4, -0.2) is 5.11 Å². The van der Waals surface area contributed by atoms with Gasteiger partial charge in [-0.1, -0.05) is 35.0 Å². The number of benzene rings is 1. The molecular formula is C10H11BrO. The van der Waals surface area contributed by atoms with E-state index in [2.05, 4.69) is 15.9 Å². The fraction of sp³-hybridized carbons (Fsp3) is 0.200. The molecule has 0 spiro atoms. The van der Waals surface area contributed by atoms with E-state index in [0.29, 0.717) is 5.76 Å². The fourth-order valence-electron chi connectivity index (χ4n) is 0.959. The Bertz CT molecular complexity index is 292. The SMILES string of the molecule is CC/C=C(\O)c1cccc(Br)c1. The van der Waals surface area contributed by atoms with Crippen molar-refractivity contribution in [2.45, 2.75) is 13.3 Å². The third kappa shape index (κ3) is 2.38.